The molecule has 0 radical (unpaired) electrons. The van der Waals surface area contributed by atoms with Gasteiger partial charge in [0.1, 0.15) is 73.2 Å². The molecule has 19 heteroatoms. The molecular formula is C48H78O19. The molecule has 3 saturated heterocycles. The van der Waals surface area contributed by atoms with Crippen LogP contribution in [0.25, 0.3) is 0 Å². The molecule has 24 atom stereocenters. The van der Waals surface area contributed by atoms with Crippen LogP contribution in [0.5, 0.6) is 0 Å². The molecular weight excluding hydrogens is 881 g/mol. The van der Waals surface area contributed by atoms with E-state index in [-0.39, 0.29) is 46.0 Å². The molecule has 0 spiro atoms. The summed E-state index contributed by atoms with van der Waals surface area (Å²) in [7, 11) is 0. The van der Waals surface area contributed by atoms with Gasteiger partial charge in [-0.3, -0.25) is 4.79 Å². The molecule has 24 unspecified atom stereocenters. The van der Waals surface area contributed by atoms with Gasteiger partial charge in [-0.05, 0) is 104 Å². The molecule has 384 valence electrons. The fourth-order valence-electron chi connectivity index (χ4n) is 15.1. The van der Waals surface area contributed by atoms with Crippen molar-refractivity contribution >= 4 is 5.97 Å². The minimum atomic E-state index is -1.82. The lowest BCUT2D eigenvalue weighted by Gasteiger charge is -2.71. The van der Waals surface area contributed by atoms with Crippen LogP contribution in [0.3, 0.4) is 0 Å². The Balaban J connectivity index is 1.04. The molecule has 67 heavy (non-hydrogen) atoms. The highest BCUT2D eigenvalue weighted by atomic mass is 16.7. The zero-order chi connectivity index (χ0) is 49.0. The van der Waals surface area contributed by atoms with E-state index in [4.69, 9.17) is 28.4 Å². The summed E-state index contributed by atoms with van der Waals surface area (Å²) in [4.78, 5) is 14.7. The third kappa shape index (κ3) is 8.10. The first-order valence-corrected chi connectivity index (χ1v) is 24.5. The second-order valence-electron chi connectivity index (χ2n) is 23.3. The van der Waals surface area contributed by atoms with Crippen molar-refractivity contribution in [3.8, 4) is 0 Å². The number of aliphatic hydroxyl groups is 12. The topological polar surface area (TPSA) is 315 Å². The maximum atomic E-state index is 14.7. The molecule has 3 heterocycles. The highest BCUT2D eigenvalue weighted by Crippen LogP contribution is 2.76. The van der Waals surface area contributed by atoms with Crippen LogP contribution in [0.2, 0.25) is 0 Å². The number of rotatable bonds is 10. The van der Waals surface area contributed by atoms with Crippen LogP contribution in [0.4, 0.5) is 0 Å². The normalized spacial score (nSPS) is 54.1. The van der Waals surface area contributed by atoms with E-state index in [0.717, 1.165) is 32.1 Å². The van der Waals surface area contributed by atoms with E-state index in [1.165, 1.54) is 5.57 Å². The molecule has 19 nitrogen and oxygen atoms in total. The zero-order valence-corrected chi connectivity index (χ0v) is 39.7. The van der Waals surface area contributed by atoms with Crippen molar-refractivity contribution in [2.24, 2.45) is 50.2 Å². The number of allylic oxidation sites excluding steroid dienone is 2. The number of carbonyl (C=O) groups excluding carboxylic acids is 1. The summed E-state index contributed by atoms with van der Waals surface area (Å²) in [6.07, 6.45) is -15.3. The fraction of sp³-hybridized carbons (Fsp3) is 0.938. The molecule has 8 aliphatic rings. The van der Waals surface area contributed by atoms with Crippen LogP contribution in [0.1, 0.15) is 106 Å². The molecule has 0 amide bonds. The predicted octanol–water partition coefficient (Wildman–Crippen LogP) is -0.887. The number of ether oxygens (including phenoxy) is 6. The first-order chi connectivity index (χ1) is 31.4. The molecule has 7 fully saturated rings. The van der Waals surface area contributed by atoms with Gasteiger partial charge in [-0.15, -0.1) is 0 Å². The van der Waals surface area contributed by atoms with Crippen molar-refractivity contribution in [3.05, 3.63) is 11.6 Å². The standard InChI is InChI=1S/C48H78O19/c1-43(2)13-15-48(42(61)67-40-36(59)34(57)31(54)25(19-50)63-40)16-14-46(5)22(23(48)17-43)7-8-28-44(3)11-10-29(45(4,21-52)27(44)9-12-47(28,46)6)65-41-37(60)38(32(55)26(20-51)64-41)66-39-35(58)33(56)30(53)24(18-49)62-39/h7,23-41,49-60H,8-21H2,1-6H3. The van der Waals surface area contributed by atoms with Crippen LogP contribution in [0, 0.1) is 50.2 Å². The average molecular weight is 959 g/mol. The van der Waals surface area contributed by atoms with Gasteiger partial charge >= 0.3 is 5.97 Å². The molecule has 0 aromatic carbocycles. The lowest BCUT2D eigenvalue weighted by molar-refractivity contribution is -0.370. The maximum absolute atomic E-state index is 14.7. The number of hydrogen-bond donors (Lipinski definition) is 12. The first kappa shape index (κ1) is 51.9. The molecule has 0 aromatic heterocycles. The zero-order valence-electron chi connectivity index (χ0n) is 39.7. The number of esters is 1. The highest BCUT2D eigenvalue weighted by Gasteiger charge is 2.70. The van der Waals surface area contributed by atoms with Crippen molar-refractivity contribution in [2.75, 3.05) is 26.4 Å². The van der Waals surface area contributed by atoms with Gasteiger partial charge in [-0.25, -0.2) is 0 Å². The lowest BCUT2D eigenvalue weighted by Crippen LogP contribution is -2.67. The molecule has 4 saturated carbocycles. The van der Waals surface area contributed by atoms with E-state index in [9.17, 15) is 66.1 Å². The second kappa shape index (κ2) is 18.5. The minimum absolute atomic E-state index is 0.0636. The van der Waals surface area contributed by atoms with Crippen molar-refractivity contribution in [1.82, 2.24) is 0 Å². The fourth-order valence-corrected chi connectivity index (χ4v) is 15.1. The maximum Gasteiger partial charge on any atom is 0.315 e. The Hall–Kier alpha value is -1.47. The van der Waals surface area contributed by atoms with Crippen molar-refractivity contribution < 1.29 is 94.5 Å². The van der Waals surface area contributed by atoms with Crippen LogP contribution in [-0.4, -0.2) is 192 Å². The largest absolute Gasteiger partial charge is 0.432 e. The number of fused-ring (bicyclic) bond motifs is 7. The van der Waals surface area contributed by atoms with E-state index in [0.29, 0.717) is 32.1 Å². The second-order valence-corrected chi connectivity index (χ2v) is 23.3. The Morgan fingerprint density at radius 3 is 1.76 bits per heavy atom. The summed E-state index contributed by atoms with van der Waals surface area (Å²) in [5, 5.41) is 127. The van der Waals surface area contributed by atoms with Crippen molar-refractivity contribution in [1.29, 1.82) is 0 Å². The van der Waals surface area contributed by atoms with Crippen LogP contribution >= 0.6 is 0 Å². The van der Waals surface area contributed by atoms with Crippen LogP contribution in [-0.2, 0) is 33.2 Å². The Morgan fingerprint density at radius 1 is 0.612 bits per heavy atom. The first-order valence-electron chi connectivity index (χ1n) is 24.5. The molecule has 8 rings (SSSR count). The summed E-state index contributed by atoms with van der Waals surface area (Å²) >= 11 is 0. The molecule has 0 aromatic rings. The number of carbonyl (C=O) groups is 1. The molecule has 0 bridgehead atoms. The van der Waals surface area contributed by atoms with Gasteiger partial charge in [0.25, 0.3) is 0 Å². The summed E-state index contributed by atoms with van der Waals surface area (Å²) in [5.74, 6) is -0.601. The van der Waals surface area contributed by atoms with E-state index in [1.807, 2.05) is 6.92 Å². The molecule has 12 N–H and O–H groups in total. The van der Waals surface area contributed by atoms with Gasteiger partial charge in [0, 0.05) is 5.41 Å². The van der Waals surface area contributed by atoms with E-state index in [1.54, 1.807) is 0 Å². The van der Waals surface area contributed by atoms with Gasteiger partial charge in [-0.2, -0.15) is 0 Å². The minimum Gasteiger partial charge on any atom is -0.432 e. The summed E-state index contributed by atoms with van der Waals surface area (Å²) in [6.45, 7) is 11.2. The van der Waals surface area contributed by atoms with Gasteiger partial charge < -0.3 is 89.7 Å². The van der Waals surface area contributed by atoms with E-state index >= 15 is 0 Å². The Morgan fingerprint density at radius 2 is 1.16 bits per heavy atom. The van der Waals surface area contributed by atoms with Crippen LogP contribution in [0.15, 0.2) is 11.6 Å². The quantitative estimate of drug-likeness (QED) is 0.0718. The average Bonchev–Trinajstić information content (AvgIpc) is 3.29. The van der Waals surface area contributed by atoms with Crippen molar-refractivity contribution in [2.45, 2.75) is 204 Å². The van der Waals surface area contributed by atoms with Crippen LogP contribution < -0.4 is 0 Å². The Labute approximate surface area is 392 Å². The summed E-state index contributed by atoms with van der Waals surface area (Å²) < 4.78 is 35.6. The molecule has 5 aliphatic carbocycles. The van der Waals surface area contributed by atoms with Gasteiger partial charge in [-0.1, -0.05) is 53.2 Å². The van der Waals surface area contributed by atoms with Crippen molar-refractivity contribution in [3.63, 3.8) is 0 Å². The van der Waals surface area contributed by atoms with Gasteiger partial charge in [0.05, 0.1) is 37.9 Å². The highest BCUT2D eigenvalue weighted by molar-refractivity contribution is 5.79. The lowest BCUT2D eigenvalue weighted by atomic mass is 9.33. The monoisotopic (exact) mass is 959 g/mol. The SMILES string of the molecule is CC1(C)CCC2(C(=O)OC3OC(CO)C(O)C(O)C3O)CCC3(C)C(=CCC4C5(C)CCC(OC6OC(CO)C(O)C(OC7OC(CO)C(O)C(O)C7O)C6O)C(C)(CO)C5CCC43C)C2C1. The number of aliphatic hydroxyl groups excluding tert-OH is 12. The Bertz CT molecular complexity index is 1810. The predicted molar refractivity (Wildman–Crippen MR) is 232 cm³/mol. The molecule has 3 aliphatic heterocycles. The Kier molecular flexibility index (Phi) is 14.4. The third-order valence-electron chi connectivity index (χ3n) is 19.5. The van der Waals surface area contributed by atoms with Gasteiger partial charge in [0.15, 0.2) is 12.6 Å². The number of hydrogen-bond acceptors (Lipinski definition) is 19. The van der Waals surface area contributed by atoms with E-state index < -0.39 is 135 Å². The van der Waals surface area contributed by atoms with Gasteiger partial charge in [0.2, 0.25) is 6.29 Å². The summed E-state index contributed by atoms with van der Waals surface area (Å²) in [5.41, 5.74) is -1.49. The van der Waals surface area contributed by atoms with E-state index in [2.05, 4.69) is 40.7 Å². The summed E-state index contributed by atoms with van der Waals surface area (Å²) in [6, 6.07) is 0. The smallest absolute Gasteiger partial charge is 0.315 e. The third-order valence-corrected chi connectivity index (χ3v) is 19.5.